The Labute approximate surface area is 104 Å². The summed E-state index contributed by atoms with van der Waals surface area (Å²) in [6.07, 6.45) is 5.93. The predicted molar refractivity (Wildman–Crippen MR) is 64.9 cm³/mol. The summed E-state index contributed by atoms with van der Waals surface area (Å²) in [5.74, 6) is 1.79. The summed E-state index contributed by atoms with van der Waals surface area (Å²) in [6, 6.07) is 5.87. The fourth-order valence-electron chi connectivity index (χ4n) is 1.80. The average Bonchev–Trinajstić information content (AvgIpc) is 3.04. The summed E-state index contributed by atoms with van der Waals surface area (Å²) in [4.78, 5) is 3.86. The predicted octanol–water partition coefficient (Wildman–Crippen LogP) is 1.05. The van der Waals surface area contributed by atoms with Crippen LogP contribution in [0.4, 0.5) is 0 Å². The largest absolute Gasteiger partial charge is 0.447 e. The molecule has 0 radical (unpaired) electrons. The molecular weight excluding hydrogens is 230 g/mol. The molecule has 3 aromatic heterocycles. The number of oxazole rings is 1. The lowest BCUT2D eigenvalue weighted by Gasteiger charge is -2.01. The van der Waals surface area contributed by atoms with Crippen LogP contribution in [0.3, 0.4) is 0 Å². The molecular formula is C12H13N5O. The maximum Gasteiger partial charge on any atom is 0.180 e. The lowest BCUT2D eigenvalue weighted by Crippen LogP contribution is -2.17. The number of fused-ring (bicyclic) bond motifs is 1. The second kappa shape index (κ2) is 4.97. The van der Waals surface area contributed by atoms with Crippen LogP contribution in [0.15, 0.2) is 41.4 Å². The lowest BCUT2D eigenvalue weighted by molar-refractivity contribution is 0.479. The van der Waals surface area contributed by atoms with Gasteiger partial charge in [0.2, 0.25) is 0 Å². The van der Waals surface area contributed by atoms with Crippen LogP contribution in [0, 0.1) is 0 Å². The summed E-state index contributed by atoms with van der Waals surface area (Å²) in [5.41, 5.74) is 0.878. The molecule has 0 aromatic carbocycles. The standard InChI is InChI=1S/C12H13N5O/c1-2-6-17-11(3-1)15-16-12(17)4-5-13-7-10-8-14-9-18-10/h1-3,6,8-9,13H,4-5,7H2. The molecule has 92 valence electrons. The molecule has 0 saturated heterocycles. The van der Waals surface area contributed by atoms with Gasteiger partial charge in [0.15, 0.2) is 12.0 Å². The Morgan fingerprint density at radius 3 is 3.17 bits per heavy atom. The van der Waals surface area contributed by atoms with Crippen LogP contribution in [0.25, 0.3) is 5.65 Å². The number of hydrogen-bond donors (Lipinski definition) is 1. The molecule has 6 nitrogen and oxygen atoms in total. The van der Waals surface area contributed by atoms with E-state index in [1.165, 1.54) is 6.39 Å². The van der Waals surface area contributed by atoms with Gasteiger partial charge in [-0.15, -0.1) is 10.2 Å². The lowest BCUT2D eigenvalue weighted by atomic mass is 10.3. The Balaban J connectivity index is 1.57. The maximum absolute atomic E-state index is 5.13. The highest BCUT2D eigenvalue weighted by molar-refractivity contribution is 5.36. The minimum absolute atomic E-state index is 0.677. The molecule has 0 amide bonds. The number of aromatic nitrogens is 4. The zero-order valence-electron chi connectivity index (χ0n) is 9.78. The van der Waals surface area contributed by atoms with Gasteiger partial charge in [0, 0.05) is 19.2 Å². The third-order valence-corrected chi connectivity index (χ3v) is 2.69. The molecule has 0 unspecified atom stereocenters. The van der Waals surface area contributed by atoms with E-state index in [0.717, 1.165) is 30.2 Å². The summed E-state index contributed by atoms with van der Waals surface area (Å²) >= 11 is 0. The van der Waals surface area contributed by atoms with E-state index in [4.69, 9.17) is 4.42 Å². The third-order valence-electron chi connectivity index (χ3n) is 2.69. The van der Waals surface area contributed by atoms with Crippen LogP contribution in [0.1, 0.15) is 11.6 Å². The van der Waals surface area contributed by atoms with Gasteiger partial charge in [0.1, 0.15) is 11.6 Å². The van der Waals surface area contributed by atoms with Gasteiger partial charge in [-0.3, -0.25) is 4.40 Å². The van der Waals surface area contributed by atoms with Crippen molar-refractivity contribution in [3.05, 3.63) is 48.6 Å². The maximum atomic E-state index is 5.13. The summed E-state index contributed by atoms with van der Waals surface area (Å²) < 4.78 is 7.13. The van der Waals surface area contributed by atoms with Gasteiger partial charge in [0.05, 0.1) is 12.7 Å². The van der Waals surface area contributed by atoms with Gasteiger partial charge in [-0.25, -0.2) is 4.98 Å². The van der Waals surface area contributed by atoms with Gasteiger partial charge < -0.3 is 9.73 Å². The first-order valence-corrected chi connectivity index (χ1v) is 5.80. The molecule has 18 heavy (non-hydrogen) atoms. The topological polar surface area (TPSA) is 68.2 Å². The van der Waals surface area contributed by atoms with Crippen LogP contribution in [-0.2, 0) is 13.0 Å². The van der Waals surface area contributed by atoms with Gasteiger partial charge in [-0.1, -0.05) is 6.07 Å². The Morgan fingerprint density at radius 1 is 1.28 bits per heavy atom. The van der Waals surface area contributed by atoms with Crippen LogP contribution in [-0.4, -0.2) is 26.1 Å². The van der Waals surface area contributed by atoms with Crippen LogP contribution < -0.4 is 5.32 Å². The van der Waals surface area contributed by atoms with E-state index in [0.29, 0.717) is 6.54 Å². The highest BCUT2D eigenvalue weighted by Crippen LogP contribution is 2.03. The van der Waals surface area contributed by atoms with E-state index >= 15 is 0 Å². The molecule has 0 aliphatic carbocycles. The Bertz CT molecular complexity index is 616. The first-order valence-electron chi connectivity index (χ1n) is 5.80. The molecule has 0 aliphatic heterocycles. The molecule has 0 atom stereocenters. The fraction of sp³-hybridized carbons (Fsp3) is 0.250. The van der Waals surface area contributed by atoms with E-state index in [9.17, 15) is 0 Å². The van der Waals surface area contributed by atoms with Crippen LogP contribution in [0.5, 0.6) is 0 Å². The second-order valence-electron chi connectivity index (χ2n) is 3.94. The fourth-order valence-corrected chi connectivity index (χ4v) is 1.80. The monoisotopic (exact) mass is 243 g/mol. The number of pyridine rings is 1. The molecule has 0 bridgehead atoms. The number of nitrogens with zero attached hydrogens (tertiary/aromatic N) is 4. The van der Waals surface area contributed by atoms with E-state index in [1.54, 1.807) is 6.20 Å². The Hall–Kier alpha value is -2.21. The van der Waals surface area contributed by atoms with E-state index in [-0.39, 0.29) is 0 Å². The summed E-state index contributed by atoms with van der Waals surface area (Å²) in [6.45, 7) is 1.49. The van der Waals surface area contributed by atoms with Crippen molar-refractivity contribution in [2.45, 2.75) is 13.0 Å². The molecule has 0 saturated carbocycles. The zero-order valence-corrected chi connectivity index (χ0v) is 9.78. The number of hydrogen-bond acceptors (Lipinski definition) is 5. The van der Waals surface area contributed by atoms with Crippen molar-refractivity contribution in [2.75, 3.05) is 6.54 Å². The molecule has 0 spiro atoms. The van der Waals surface area contributed by atoms with Crippen molar-refractivity contribution in [2.24, 2.45) is 0 Å². The summed E-state index contributed by atoms with van der Waals surface area (Å²) in [5, 5.41) is 11.5. The first kappa shape index (κ1) is 10.9. The normalized spacial score (nSPS) is 11.1. The quantitative estimate of drug-likeness (QED) is 0.678. The number of rotatable bonds is 5. The SMILES string of the molecule is c1ccn2c(CCNCc3cnco3)nnc2c1. The first-order chi connectivity index (χ1) is 8.93. The van der Waals surface area contributed by atoms with Gasteiger partial charge in [-0.2, -0.15) is 0 Å². The minimum atomic E-state index is 0.677. The highest BCUT2D eigenvalue weighted by atomic mass is 16.3. The Kier molecular flexibility index (Phi) is 3.01. The number of nitrogens with one attached hydrogen (secondary N) is 1. The summed E-state index contributed by atoms with van der Waals surface area (Å²) in [7, 11) is 0. The smallest absolute Gasteiger partial charge is 0.180 e. The average molecular weight is 243 g/mol. The van der Waals surface area contributed by atoms with Crippen molar-refractivity contribution in [3.63, 3.8) is 0 Å². The Morgan fingerprint density at radius 2 is 2.28 bits per heavy atom. The highest BCUT2D eigenvalue weighted by Gasteiger charge is 2.03. The van der Waals surface area contributed by atoms with Crippen molar-refractivity contribution < 1.29 is 4.42 Å². The van der Waals surface area contributed by atoms with Crippen LogP contribution >= 0.6 is 0 Å². The molecule has 6 heteroatoms. The van der Waals surface area contributed by atoms with E-state index in [2.05, 4.69) is 20.5 Å². The van der Waals surface area contributed by atoms with Crippen molar-refractivity contribution in [1.29, 1.82) is 0 Å². The van der Waals surface area contributed by atoms with Crippen molar-refractivity contribution in [3.8, 4) is 0 Å². The zero-order chi connectivity index (χ0) is 12.2. The third kappa shape index (κ3) is 2.23. The molecule has 3 heterocycles. The van der Waals surface area contributed by atoms with Crippen molar-refractivity contribution in [1.82, 2.24) is 24.9 Å². The van der Waals surface area contributed by atoms with E-state index < -0.39 is 0 Å². The van der Waals surface area contributed by atoms with Crippen LogP contribution in [0.2, 0.25) is 0 Å². The molecule has 1 N–H and O–H groups in total. The van der Waals surface area contributed by atoms with Gasteiger partial charge >= 0.3 is 0 Å². The minimum Gasteiger partial charge on any atom is -0.447 e. The van der Waals surface area contributed by atoms with Gasteiger partial charge in [-0.05, 0) is 12.1 Å². The van der Waals surface area contributed by atoms with Gasteiger partial charge in [0.25, 0.3) is 0 Å². The molecule has 3 rings (SSSR count). The molecule has 0 fully saturated rings. The van der Waals surface area contributed by atoms with Crippen molar-refractivity contribution >= 4 is 5.65 Å². The molecule has 3 aromatic rings. The second-order valence-corrected chi connectivity index (χ2v) is 3.94. The van der Waals surface area contributed by atoms with E-state index in [1.807, 2.05) is 28.8 Å². The molecule has 0 aliphatic rings.